The number of carbonyl (C=O) groups excluding carboxylic acids is 2. The van der Waals surface area contributed by atoms with E-state index in [2.05, 4.69) is 10.1 Å². The Bertz CT molecular complexity index is 460. The third-order valence-electron chi connectivity index (χ3n) is 3.09. The molecule has 3 N–H and O–H groups in total. The summed E-state index contributed by atoms with van der Waals surface area (Å²) in [6.45, 7) is 3.81. The number of ether oxygens (including phenoxy) is 1. The van der Waals surface area contributed by atoms with Crippen molar-refractivity contribution in [1.82, 2.24) is 0 Å². The van der Waals surface area contributed by atoms with Gasteiger partial charge in [-0.2, -0.15) is 0 Å². The van der Waals surface area contributed by atoms with Gasteiger partial charge in [-0.15, -0.1) is 12.4 Å². The lowest BCUT2D eigenvalue weighted by molar-refractivity contribution is -0.140. The summed E-state index contributed by atoms with van der Waals surface area (Å²) in [4.78, 5) is 22.8. The Morgan fingerprint density at radius 1 is 1.24 bits per heavy atom. The van der Waals surface area contributed by atoms with Gasteiger partial charge in [0.2, 0.25) is 5.91 Å². The molecule has 0 fully saturated rings. The quantitative estimate of drug-likeness (QED) is 0.788. The van der Waals surface area contributed by atoms with Gasteiger partial charge in [-0.25, -0.2) is 0 Å². The van der Waals surface area contributed by atoms with Gasteiger partial charge >= 0.3 is 5.97 Å². The number of rotatable bonds is 6. The van der Waals surface area contributed by atoms with E-state index < -0.39 is 6.04 Å². The predicted octanol–water partition coefficient (Wildman–Crippen LogP) is 2.14. The second kappa shape index (κ2) is 9.37. The molecule has 0 aliphatic rings. The van der Waals surface area contributed by atoms with Crippen molar-refractivity contribution < 1.29 is 14.3 Å². The van der Waals surface area contributed by atoms with Crippen LogP contribution < -0.4 is 11.1 Å². The number of nitrogens with two attached hydrogens (primary N) is 1. The number of hydrogen-bond donors (Lipinski definition) is 2. The molecule has 1 aromatic rings. The second-order valence-corrected chi connectivity index (χ2v) is 5.03. The largest absolute Gasteiger partial charge is 0.469 e. The van der Waals surface area contributed by atoms with Gasteiger partial charge in [0.25, 0.3) is 0 Å². The minimum absolute atomic E-state index is 0. The molecule has 0 unspecified atom stereocenters. The number of methoxy groups -OCH3 is 1. The molecule has 0 aromatic heterocycles. The van der Waals surface area contributed by atoms with Crippen molar-refractivity contribution in [2.24, 2.45) is 11.7 Å². The van der Waals surface area contributed by atoms with Crippen LogP contribution in [0.2, 0.25) is 0 Å². The maximum absolute atomic E-state index is 11.8. The minimum Gasteiger partial charge on any atom is -0.469 e. The number of hydrogen-bond acceptors (Lipinski definition) is 4. The van der Waals surface area contributed by atoms with Crippen molar-refractivity contribution in [2.45, 2.75) is 32.7 Å². The van der Waals surface area contributed by atoms with Gasteiger partial charge in [0, 0.05) is 12.1 Å². The molecule has 0 spiro atoms. The topological polar surface area (TPSA) is 81.4 Å². The minimum atomic E-state index is -0.519. The number of aryl methyl sites for hydroxylation is 1. The number of benzene rings is 1. The Hall–Kier alpha value is -1.59. The summed E-state index contributed by atoms with van der Waals surface area (Å²) in [7, 11) is 1.37. The number of amides is 1. The standard InChI is InChI=1S/C15H22N2O3.ClH/c1-10(2)14(16)15(19)17-12-7-4-11(5-8-12)6-9-13(18)20-3;/h4-5,7-8,10,14H,6,9,16H2,1-3H3,(H,17,19);1H/t14-;/m0./s1. The van der Waals surface area contributed by atoms with E-state index in [1.807, 2.05) is 26.0 Å². The van der Waals surface area contributed by atoms with E-state index >= 15 is 0 Å². The lowest BCUT2D eigenvalue weighted by atomic mass is 10.0. The molecular formula is C15H23ClN2O3. The fourth-order valence-electron chi connectivity index (χ4n) is 1.63. The van der Waals surface area contributed by atoms with E-state index in [1.165, 1.54) is 7.11 Å². The molecule has 0 bridgehead atoms. The van der Waals surface area contributed by atoms with Gasteiger partial charge in [0.05, 0.1) is 13.2 Å². The van der Waals surface area contributed by atoms with E-state index in [1.54, 1.807) is 12.1 Å². The average Bonchev–Trinajstić information content (AvgIpc) is 2.45. The van der Waals surface area contributed by atoms with Gasteiger partial charge in [-0.3, -0.25) is 9.59 Å². The van der Waals surface area contributed by atoms with Crippen LogP contribution in [0.5, 0.6) is 0 Å². The Morgan fingerprint density at radius 2 is 1.81 bits per heavy atom. The first-order valence-corrected chi connectivity index (χ1v) is 6.66. The Labute approximate surface area is 131 Å². The van der Waals surface area contributed by atoms with E-state index in [0.29, 0.717) is 18.5 Å². The van der Waals surface area contributed by atoms with Crippen molar-refractivity contribution in [3.05, 3.63) is 29.8 Å². The molecule has 1 amide bonds. The van der Waals surface area contributed by atoms with Crippen LogP contribution in [0.1, 0.15) is 25.8 Å². The van der Waals surface area contributed by atoms with Crippen LogP contribution in [0, 0.1) is 5.92 Å². The molecule has 0 saturated carbocycles. The number of carbonyl (C=O) groups is 2. The summed E-state index contributed by atoms with van der Waals surface area (Å²) >= 11 is 0. The molecule has 1 aromatic carbocycles. The van der Waals surface area contributed by atoms with Crippen molar-refractivity contribution >= 4 is 30.0 Å². The maximum Gasteiger partial charge on any atom is 0.305 e. The first-order valence-electron chi connectivity index (χ1n) is 6.66. The molecule has 0 saturated heterocycles. The van der Waals surface area contributed by atoms with Crippen molar-refractivity contribution in [3.63, 3.8) is 0 Å². The number of anilines is 1. The highest BCUT2D eigenvalue weighted by atomic mass is 35.5. The third-order valence-corrected chi connectivity index (χ3v) is 3.09. The lowest BCUT2D eigenvalue weighted by Crippen LogP contribution is -2.39. The molecule has 0 aliphatic carbocycles. The maximum atomic E-state index is 11.8. The Kier molecular flexibility index (Phi) is 8.66. The van der Waals surface area contributed by atoms with E-state index in [-0.39, 0.29) is 30.2 Å². The van der Waals surface area contributed by atoms with E-state index in [9.17, 15) is 9.59 Å². The Balaban J connectivity index is 0.00000400. The third kappa shape index (κ3) is 6.60. The molecule has 1 atom stereocenters. The molecule has 0 heterocycles. The summed E-state index contributed by atoms with van der Waals surface area (Å²) in [5.74, 6) is -0.332. The zero-order chi connectivity index (χ0) is 15.1. The van der Waals surface area contributed by atoms with E-state index in [0.717, 1.165) is 5.56 Å². The highest BCUT2D eigenvalue weighted by Gasteiger charge is 2.16. The highest BCUT2D eigenvalue weighted by Crippen LogP contribution is 2.12. The summed E-state index contributed by atoms with van der Waals surface area (Å²) in [5, 5.41) is 2.77. The number of esters is 1. The molecule has 21 heavy (non-hydrogen) atoms. The van der Waals surface area contributed by atoms with Gasteiger partial charge in [-0.1, -0.05) is 26.0 Å². The van der Waals surface area contributed by atoms with Crippen molar-refractivity contribution in [1.29, 1.82) is 0 Å². The van der Waals surface area contributed by atoms with Gasteiger partial charge in [-0.05, 0) is 30.0 Å². The molecule has 0 aliphatic heterocycles. The van der Waals surface area contributed by atoms with Gasteiger partial charge < -0.3 is 15.8 Å². The Morgan fingerprint density at radius 3 is 2.29 bits per heavy atom. The number of nitrogens with one attached hydrogen (secondary N) is 1. The fourth-order valence-corrected chi connectivity index (χ4v) is 1.63. The predicted molar refractivity (Wildman–Crippen MR) is 85.5 cm³/mol. The molecule has 118 valence electrons. The summed E-state index contributed by atoms with van der Waals surface area (Å²) in [6.07, 6.45) is 0.965. The van der Waals surface area contributed by atoms with Crippen LogP contribution in [0.25, 0.3) is 0 Å². The van der Waals surface area contributed by atoms with Crippen LogP contribution in [0.3, 0.4) is 0 Å². The SMILES string of the molecule is COC(=O)CCc1ccc(NC(=O)[C@@H](N)C(C)C)cc1.Cl. The normalized spacial score (nSPS) is 11.5. The van der Waals surface area contributed by atoms with Crippen LogP contribution >= 0.6 is 12.4 Å². The molecule has 5 nitrogen and oxygen atoms in total. The van der Waals surface area contributed by atoms with Crippen LogP contribution in [0.4, 0.5) is 5.69 Å². The van der Waals surface area contributed by atoms with Crippen molar-refractivity contribution in [3.8, 4) is 0 Å². The molecule has 6 heteroatoms. The van der Waals surface area contributed by atoms with Crippen molar-refractivity contribution in [2.75, 3.05) is 12.4 Å². The highest BCUT2D eigenvalue weighted by molar-refractivity contribution is 5.94. The summed E-state index contributed by atoms with van der Waals surface area (Å²) in [5.41, 5.74) is 7.49. The zero-order valence-electron chi connectivity index (χ0n) is 12.6. The van der Waals surface area contributed by atoms with E-state index in [4.69, 9.17) is 5.73 Å². The van der Waals surface area contributed by atoms with Gasteiger partial charge in [0.1, 0.15) is 0 Å². The van der Waals surface area contributed by atoms with Crippen LogP contribution in [-0.4, -0.2) is 25.0 Å². The summed E-state index contributed by atoms with van der Waals surface area (Å²) in [6, 6.07) is 6.84. The number of halogens is 1. The van der Waals surface area contributed by atoms with Gasteiger partial charge in [0.15, 0.2) is 0 Å². The lowest BCUT2D eigenvalue weighted by Gasteiger charge is -2.15. The zero-order valence-corrected chi connectivity index (χ0v) is 13.4. The second-order valence-electron chi connectivity index (χ2n) is 5.03. The first kappa shape index (κ1) is 19.4. The summed E-state index contributed by atoms with van der Waals surface area (Å²) < 4.78 is 4.59. The van der Waals surface area contributed by atoms with Crippen LogP contribution in [0.15, 0.2) is 24.3 Å². The van der Waals surface area contributed by atoms with Crippen LogP contribution in [-0.2, 0) is 20.7 Å². The first-order chi connectivity index (χ1) is 9.43. The fraction of sp³-hybridized carbons (Fsp3) is 0.467. The smallest absolute Gasteiger partial charge is 0.305 e. The molecule has 0 radical (unpaired) electrons. The monoisotopic (exact) mass is 314 g/mol. The molecule has 1 rings (SSSR count). The average molecular weight is 315 g/mol. The molecular weight excluding hydrogens is 292 g/mol.